The number of carbonyl (C=O) groups excluding carboxylic acids is 2. The molecule has 0 radical (unpaired) electrons. The zero-order chi connectivity index (χ0) is 20.1. The molecule has 0 unspecified atom stereocenters. The summed E-state index contributed by atoms with van der Waals surface area (Å²) in [6.45, 7) is 1.99. The van der Waals surface area contributed by atoms with Crippen molar-refractivity contribution in [2.24, 2.45) is 5.92 Å². The van der Waals surface area contributed by atoms with Crippen LogP contribution in [0.1, 0.15) is 30.4 Å². The molecule has 2 aromatic carbocycles. The molecule has 2 aromatic rings. The molecule has 0 N–H and O–H groups in total. The summed E-state index contributed by atoms with van der Waals surface area (Å²) >= 11 is 0. The molecule has 146 valence electrons. The Hall–Kier alpha value is -3.08. The summed E-state index contributed by atoms with van der Waals surface area (Å²) < 4.78 is 16.0. The first-order chi connectivity index (χ1) is 13.6. The maximum Gasteiger partial charge on any atom is 0.317 e. The molecule has 0 amide bonds. The van der Waals surface area contributed by atoms with Crippen LogP contribution in [-0.4, -0.2) is 32.6 Å². The smallest absolute Gasteiger partial charge is 0.317 e. The summed E-state index contributed by atoms with van der Waals surface area (Å²) in [5.41, 5.74) is 2.59. The second kappa shape index (κ2) is 8.74. The van der Waals surface area contributed by atoms with E-state index < -0.39 is 11.9 Å². The molecule has 0 aliphatic heterocycles. The topological polar surface area (TPSA) is 61.8 Å². The van der Waals surface area contributed by atoms with Crippen LogP contribution in [0.2, 0.25) is 0 Å². The number of hydrogen-bond donors (Lipinski definition) is 0. The molecule has 2 atom stereocenters. The summed E-state index contributed by atoms with van der Waals surface area (Å²) in [7, 11) is 3.17. The molecule has 3 rings (SSSR count). The van der Waals surface area contributed by atoms with Gasteiger partial charge in [0, 0.05) is 17.5 Å². The van der Waals surface area contributed by atoms with Gasteiger partial charge in [0.25, 0.3) is 0 Å². The maximum atomic E-state index is 13.0. The lowest BCUT2D eigenvalue weighted by Crippen LogP contribution is -2.34. The minimum absolute atomic E-state index is 0.243. The van der Waals surface area contributed by atoms with Gasteiger partial charge >= 0.3 is 5.97 Å². The van der Waals surface area contributed by atoms with Crippen LogP contribution in [0.5, 0.6) is 11.5 Å². The lowest BCUT2D eigenvalue weighted by molar-refractivity contribution is -0.151. The van der Waals surface area contributed by atoms with Gasteiger partial charge in [-0.05, 0) is 42.7 Å². The summed E-state index contributed by atoms with van der Waals surface area (Å²) in [5.74, 6) is -0.549. The highest BCUT2D eigenvalue weighted by Crippen LogP contribution is 2.43. The summed E-state index contributed by atoms with van der Waals surface area (Å²) in [5, 5.41) is 0. The average molecular weight is 380 g/mol. The molecule has 0 spiro atoms. The number of esters is 1. The highest BCUT2D eigenvalue weighted by molar-refractivity contribution is 6.11. The number of carbonyl (C=O) groups is 2. The van der Waals surface area contributed by atoms with Crippen LogP contribution < -0.4 is 9.47 Å². The zero-order valence-electron chi connectivity index (χ0n) is 16.3. The molecule has 5 nitrogen and oxygen atoms in total. The largest absolute Gasteiger partial charge is 0.497 e. The molecule has 0 heterocycles. The quantitative estimate of drug-likeness (QED) is 0.559. The Kier molecular flexibility index (Phi) is 6.14. The van der Waals surface area contributed by atoms with E-state index in [1.807, 2.05) is 42.5 Å². The van der Waals surface area contributed by atoms with E-state index in [-0.39, 0.29) is 18.3 Å². The number of ketones is 1. The first kappa shape index (κ1) is 19.7. The van der Waals surface area contributed by atoms with E-state index in [0.717, 1.165) is 16.7 Å². The molecule has 0 aromatic heterocycles. The van der Waals surface area contributed by atoms with Crippen molar-refractivity contribution in [1.82, 2.24) is 0 Å². The van der Waals surface area contributed by atoms with Crippen LogP contribution >= 0.6 is 0 Å². The number of benzene rings is 2. The van der Waals surface area contributed by atoms with Crippen molar-refractivity contribution in [2.45, 2.75) is 19.3 Å². The predicted octanol–water partition coefficient (Wildman–Crippen LogP) is 4.02. The van der Waals surface area contributed by atoms with Crippen molar-refractivity contribution >= 4 is 17.3 Å². The Balaban J connectivity index is 2.05. The monoisotopic (exact) mass is 380 g/mol. The molecule has 0 saturated heterocycles. The van der Waals surface area contributed by atoms with Crippen LogP contribution in [0.15, 0.2) is 54.6 Å². The SMILES string of the molecule is CCOC(=O)[C@H]1C(=O)C=C(c2ccc(OC)cc2OC)C[C@H]1c1ccccc1. The van der Waals surface area contributed by atoms with Crippen LogP contribution in [0.25, 0.3) is 5.57 Å². The van der Waals surface area contributed by atoms with Gasteiger partial charge < -0.3 is 14.2 Å². The third-order valence-corrected chi connectivity index (χ3v) is 4.99. The number of allylic oxidation sites excluding steroid dienone is 2. The van der Waals surface area contributed by atoms with E-state index in [4.69, 9.17) is 14.2 Å². The Morgan fingerprint density at radius 2 is 1.82 bits per heavy atom. The van der Waals surface area contributed by atoms with E-state index >= 15 is 0 Å². The third kappa shape index (κ3) is 3.93. The van der Waals surface area contributed by atoms with Gasteiger partial charge in [0.1, 0.15) is 17.4 Å². The van der Waals surface area contributed by atoms with Gasteiger partial charge in [-0.25, -0.2) is 0 Å². The lowest BCUT2D eigenvalue weighted by Gasteiger charge is -2.30. The Labute approximate surface area is 164 Å². The van der Waals surface area contributed by atoms with Crippen molar-refractivity contribution in [1.29, 1.82) is 0 Å². The van der Waals surface area contributed by atoms with E-state index in [2.05, 4.69) is 0 Å². The molecule has 5 heteroatoms. The van der Waals surface area contributed by atoms with Gasteiger partial charge in [0.05, 0.1) is 20.8 Å². The van der Waals surface area contributed by atoms with Gasteiger partial charge in [-0.3, -0.25) is 9.59 Å². The minimum atomic E-state index is -0.838. The third-order valence-electron chi connectivity index (χ3n) is 4.99. The molecule has 0 saturated carbocycles. The maximum absolute atomic E-state index is 13.0. The number of hydrogen-bond acceptors (Lipinski definition) is 5. The van der Waals surface area contributed by atoms with Crippen molar-refractivity contribution in [3.05, 3.63) is 65.7 Å². The molecule has 0 fully saturated rings. The molecular weight excluding hydrogens is 356 g/mol. The fourth-order valence-electron chi connectivity index (χ4n) is 3.65. The lowest BCUT2D eigenvalue weighted by atomic mass is 9.73. The number of methoxy groups -OCH3 is 2. The van der Waals surface area contributed by atoms with Gasteiger partial charge in [0.15, 0.2) is 5.78 Å². The second-order valence-corrected chi connectivity index (χ2v) is 6.59. The van der Waals surface area contributed by atoms with Gasteiger partial charge in [-0.2, -0.15) is 0 Å². The van der Waals surface area contributed by atoms with Crippen LogP contribution in [0.4, 0.5) is 0 Å². The minimum Gasteiger partial charge on any atom is -0.497 e. The average Bonchev–Trinajstić information content (AvgIpc) is 2.73. The zero-order valence-corrected chi connectivity index (χ0v) is 16.3. The summed E-state index contributed by atoms with van der Waals surface area (Å²) in [6, 6.07) is 15.1. The fourth-order valence-corrected chi connectivity index (χ4v) is 3.65. The van der Waals surface area contributed by atoms with Crippen molar-refractivity contribution in [3.63, 3.8) is 0 Å². The molecule has 28 heavy (non-hydrogen) atoms. The van der Waals surface area contributed by atoms with Gasteiger partial charge in [-0.15, -0.1) is 0 Å². The number of rotatable bonds is 6. The van der Waals surface area contributed by atoms with Crippen molar-refractivity contribution in [2.75, 3.05) is 20.8 Å². The molecular formula is C23H24O5. The molecule has 0 bridgehead atoms. The van der Waals surface area contributed by atoms with Gasteiger partial charge in [0.2, 0.25) is 0 Å². The normalized spacial score (nSPS) is 19.0. The summed E-state index contributed by atoms with van der Waals surface area (Å²) in [4.78, 5) is 25.5. The Bertz CT molecular complexity index is 885. The van der Waals surface area contributed by atoms with E-state index in [1.54, 1.807) is 33.3 Å². The summed E-state index contributed by atoms with van der Waals surface area (Å²) in [6.07, 6.45) is 2.08. The molecule has 1 aliphatic carbocycles. The van der Waals surface area contributed by atoms with Crippen molar-refractivity contribution in [3.8, 4) is 11.5 Å². The fraction of sp³-hybridized carbons (Fsp3) is 0.304. The first-order valence-corrected chi connectivity index (χ1v) is 9.27. The second-order valence-electron chi connectivity index (χ2n) is 6.59. The standard InChI is InChI=1S/C23H24O5/c1-4-28-23(25)22-19(15-8-6-5-7-9-15)12-16(13-20(22)24)18-11-10-17(26-2)14-21(18)27-3/h5-11,13-14,19,22H,4,12H2,1-3H3/t19-,22+/m0/s1. The highest BCUT2D eigenvalue weighted by atomic mass is 16.5. The number of ether oxygens (including phenoxy) is 3. The van der Waals surface area contributed by atoms with Crippen LogP contribution in [-0.2, 0) is 14.3 Å². The van der Waals surface area contributed by atoms with Crippen molar-refractivity contribution < 1.29 is 23.8 Å². The van der Waals surface area contributed by atoms with E-state index in [1.165, 1.54) is 0 Å². The van der Waals surface area contributed by atoms with Gasteiger partial charge in [-0.1, -0.05) is 30.3 Å². The predicted molar refractivity (Wildman–Crippen MR) is 106 cm³/mol. The van der Waals surface area contributed by atoms with Crippen LogP contribution in [0, 0.1) is 5.92 Å². The Morgan fingerprint density at radius 1 is 1.07 bits per heavy atom. The molecule has 1 aliphatic rings. The Morgan fingerprint density at radius 3 is 2.46 bits per heavy atom. The van der Waals surface area contributed by atoms with E-state index in [9.17, 15) is 9.59 Å². The van der Waals surface area contributed by atoms with E-state index in [0.29, 0.717) is 17.9 Å². The van der Waals surface area contributed by atoms with Crippen LogP contribution in [0.3, 0.4) is 0 Å². The highest BCUT2D eigenvalue weighted by Gasteiger charge is 2.40. The first-order valence-electron chi connectivity index (χ1n) is 9.27.